The fraction of sp³-hybridized carbons (Fsp3) is 0. The molecule has 0 saturated heterocycles. The molecule has 0 heterocycles. The number of rotatable bonds is 7. The van der Waals surface area contributed by atoms with Crippen molar-refractivity contribution in [2.75, 3.05) is 4.90 Å². The fourth-order valence-electron chi connectivity index (χ4n) is 7.43. The minimum atomic E-state index is 1.09. The minimum Gasteiger partial charge on any atom is -0.309 e. The molecule has 0 atom stereocenters. The third-order valence-electron chi connectivity index (χ3n) is 9.81. The first-order chi connectivity index (χ1) is 25.3. The van der Waals surface area contributed by atoms with Crippen molar-refractivity contribution in [3.63, 3.8) is 0 Å². The Morgan fingerprint density at radius 3 is 1.12 bits per heavy atom. The molecule has 0 saturated carbocycles. The van der Waals surface area contributed by atoms with E-state index >= 15 is 0 Å². The summed E-state index contributed by atoms with van der Waals surface area (Å²) in [5.74, 6) is 0. The molecule has 0 radical (unpaired) electrons. The zero-order valence-electron chi connectivity index (χ0n) is 28.2. The van der Waals surface area contributed by atoms with Crippen LogP contribution in [0.4, 0.5) is 17.1 Å². The zero-order chi connectivity index (χ0) is 34.0. The Bertz CT molecular complexity index is 2540. The van der Waals surface area contributed by atoms with Gasteiger partial charge in [-0.15, -0.1) is 0 Å². The second-order valence-electron chi connectivity index (χ2n) is 12.9. The first kappa shape index (κ1) is 30.4. The first-order valence-electron chi connectivity index (χ1n) is 17.5. The molecular formula is C50H35N. The average Bonchev–Trinajstić information content (AvgIpc) is 3.22. The maximum atomic E-state index is 2.49. The van der Waals surface area contributed by atoms with Crippen molar-refractivity contribution in [3.05, 3.63) is 212 Å². The Balaban J connectivity index is 1.40. The van der Waals surface area contributed by atoms with Crippen LogP contribution in [0, 0.1) is 0 Å². The SMILES string of the molecule is c1ccc(-c2ccc(N(c3cc(-c4ccccc4)cc(-c4ccccc4)c3)c3c(-c4ccccc4)c4ccccc4c4ccccc34)cc2)cc1. The van der Waals surface area contributed by atoms with Crippen LogP contribution in [0.25, 0.3) is 66.1 Å². The van der Waals surface area contributed by atoms with Crippen molar-refractivity contribution in [2.45, 2.75) is 0 Å². The first-order valence-corrected chi connectivity index (χ1v) is 17.5. The molecule has 0 aliphatic rings. The molecule has 0 fully saturated rings. The van der Waals surface area contributed by atoms with E-state index in [1.807, 2.05) is 0 Å². The summed E-state index contributed by atoms with van der Waals surface area (Å²) in [7, 11) is 0. The lowest BCUT2D eigenvalue weighted by Gasteiger charge is -2.31. The van der Waals surface area contributed by atoms with E-state index in [-0.39, 0.29) is 0 Å². The van der Waals surface area contributed by atoms with Crippen LogP contribution >= 0.6 is 0 Å². The molecular weight excluding hydrogens is 615 g/mol. The predicted octanol–water partition coefficient (Wildman–Crippen LogP) is 14.1. The molecule has 9 aromatic rings. The van der Waals surface area contributed by atoms with Gasteiger partial charge in [0.1, 0.15) is 0 Å². The molecule has 9 rings (SSSR count). The van der Waals surface area contributed by atoms with E-state index in [2.05, 4.69) is 217 Å². The highest BCUT2D eigenvalue weighted by Gasteiger charge is 2.24. The van der Waals surface area contributed by atoms with Crippen LogP contribution in [0.5, 0.6) is 0 Å². The Labute approximate surface area is 299 Å². The molecule has 0 amide bonds. The fourth-order valence-corrected chi connectivity index (χ4v) is 7.43. The molecule has 0 aliphatic carbocycles. The lowest BCUT2D eigenvalue weighted by molar-refractivity contribution is 1.30. The number of hydrogen-bond acceptors (Lipinski definition) is 1. The van der Waals surface area contributed by atoms with Gasteiger partial charge in [0.15, 0.2) is 0 Å². The molecule has 51 heavy (non-hydrogen) atoms. The highest BCUT2D eigenvalue weighted by molar-refractivity contribution is 6.22. The normalized spacial score (nSPS) is 11.1. The summed E-state index contributed by atoms with van der Waals surface area (Å²) in [4.78, 5) is 2.49. The van der Waals surface area contributed by atoms with Crippen LogP contribution in [0.2, 0.25) is 0 Å². The lowest BCUT2D eigenvalue weighted by atomic mass is 9.89. The van der Waals surface area contributed by atoms with Crippen LogP contribution in [0.3, 0.4) is 0 Å². The van der Waals surface area contributed by atoms with E-state index in [9.17, 15) is 0 Å². The van der Waals surface area contributed by atoms with E-state index in [0.717, 1.165) is 17.1 Å². The van der Waals surface area contributed by atoms with Crippen molar-refractivity contribution < 1.29 is 0 Å². The maximum absolute atomic E-state index is 2.49. The number of nitrogens with zero attached hydrogens (tertiary/aromatic N) is 1. The average molecular weight is 650 g/mol. The summed E-state index contributed by atoms with van der Waals surface area (Å²) in [6, 6.07) is 76.8. The van der Waals surface area contributed by atoms with Gasteiger partial charge in [0.2, 0.25) is 0 Å². The summed E-state index contributed by atoms with van der Waals surface area (Å²) < 4.78 is 0. The Kier molecular flexibility index (Phi) is 7.92. The van der Waals surface area contributed by atoms with Gasteiger partial charge in [-0.2, -0.15) is 0 Å². The van der Waals surface area contributed by atoms with E-state index in [0.29, 0.717) is 0 Å². The van der Waals surface area contributed by atoms with Gasteiger partial charge in [0, 0.05) is 22.3 Å². The van der Waals surface area contributed by atoms with E-state index < -0.39 is 0 Å². The van der Waals surface area contributed by atoms with Gasteiger partial charge in [-0.05, 0) is 85.4 Å². The number of fused-ring (bicyclic) bond motifs is 3. The highest BCUT2D eigenvalue weighted by Crippen LogP contribution is 2.50. The minimum absolute atomic E-state index is 1.09. The monoisotopic (exact) mass is 649 g/mol. The Morgan fingerprint density at radius 1 is 0.235 bits per heavy atom. The maximum Gasteiger partial charge on any atom is 0.0624 e. The second kappa shape index (κ2) is 13.3. The summed E-state index contributed by atoms with van der Waals surface area (Å²) >= 11 is 0. The van der Waals surface area contributed by atoms with Gasteiger partial charge in [-0.1, -0.05) is 182 Å². The molecule has 0 aliphatic heterocycles. The van der Waals surface area contributed by atoms with Gasteiger partial charge < -0.3 is 4.90 Å². The smallest absolute Gasteiger partial charge is 0.0624 e. The molecule has 240 valence electrons. The topological polar surface area (TPSA) is 3.24 Å². The van der Waals surface area contributed by atoms with E-state index in [1.54, 1.807) is 0 Å². The van der Waals surface area contributed by atoms with Gasteiger partial charge in [-0.3, -0.25) is 0 Å². The van der Waals surface area contributed by atoms with Crippen LogP contribution in [-0.2, 0) is 0 Å². The Hall–Kier alpha value is -6.70. The van der Waals surface area contributed by atoms with Crippen molar-refractivity contribution in [3.8, 4) is 44.5 Å². The van der Waals surface area contributed by atoms with Crippen LogP contribution in [0.1, 0.15) is 0 Å². The molecule has 0 spiro atoms. The quantitative estimate of drug-likeness (QED) is 0.155. The van der Waals surface area contributed by atoms with Crippen molar-refractivity contribution in [1.29, 1.82) is 0 Å². The van der Waals surface area contributed by atoms with Gasteiger partial charge in [0.05, 0.1) is 5.69 Å². The van der Waals surface area contributed by atoms with Crippen LogP contribution < -0.4 is 4.90 Å². The highest BCUT2D eigenvalue weighted by atomic mass is 15.1. The molecule has 1 heteroatoms. The number of benzene rings is 9. The largest absolute Gasteiger partial charge is 0.309 e. The molecule has 0 unspecified atom stereocenters. The summed E-state index contributed by atoms with van der Waals surface area (Å²) in [5.41, 5.74) is 12.8. The van der Waals surface area contributed by atoms with Crippen molar-refractivity contribution in [2.24, 2.45) is 0 Å². The summed E-state index contributed by atoms with van der Waals surface area (Å²) in [6.45, 7) is 0. The molecule has 9 aromatic carbocycles. The van der Waals surface area contributed by atoms with Gasteiger partial charge >= 0.3 is 0 Å². The zero-order valence-corrected chi connectivity index (χ0v) is 28.2. The standard InChI is InChI=1S/C50H35N/c1-5-17-36(18-6-1)39-29-31-43(32-30-39)51(44-34-41(37-19-7-2-8-20-37)33-42(35-44)38-21-9-3-10-22-38)50-48-28-16-14-26-46(48)45-25-13-15-27-47(45)49(50)40-23-11-4-12-24-40/h1-35H. The molecule has 0 N–H and O–H groups in total. The predicted molar refractivity (Wildman–Crippen MR) is 218 cm³/mol. The van der Waals surface area contributed by atoms with E-state index in [1.165, 1.54) is 66.1 Å². The number of anilines is 3. The third kappa shape index (κ3) is 5.75. The van der Waals surface area contributed by atoms with Crippen molar-refractivity contribution >= 4 is 38.6 Å². The number of hydrogen-bond donors (Lipinski definition) is 0. The second-order valence-corrected chi connectivity index (χ2v) is 12.9. The molecule has 0 bridgehead atoms. The molecule has 1 nitrogen and oxygen atoms in total. The van der Waals surface area contributed by atoms with E-state index in [4.69, 9.17) is 0 Å². The van der Waals surface area contributed by atoms with Crippen LogP contribution in [0.15, 0.2) is 212 Å². The van der Waals surface area contributed by atoms with Crippen molar-refractivity contribution in [1.82, 2.24) is 0 Å². The Morgan fingerprint density at radius 2 is 0.608 bits per heavy atom. The molecule has 0 aromatic heterocycles. The van der Waals surface area contributed by atoms with Gasteiger partial charge in [0.25, 0.3) is 0 Å². The summed E-state index contributed by atoms with van der Waals surface area (Å²) in [6.07, 6.45) is 0. The van der Waals surface area contributed by atoms with Crippen LogP contribution in [-0.4, -0.2) is 0 Å². The third-order valence-corrected chi connectivity index (χ3v) is 9.81. The lowest BCUT2D eigenvalue weighted by Crippen LogP contribution is -2.13. The summed E-state index contributed by atoms with van der Waals surface area (Å²) in [5, 5.41) is 4.91. The van der Waals surface area contributed by atoms with Gasteiger partial charge in [-0.25, -0.2) is 0 Å².